The minimum Gasteiger partial charge on any atom is -0.480 e. The lowest BCUT2D eigenvalue weighted by atomic mass is 10.3. The molecular formula is C16H23N5O5S. The number of aldehydes is 1. The Hall–Kier alpha value is -2.47. The molecule has 6 N–H and O–H groups in total. The van der Waals surface area contributed by atoms with Crippen molar-refractivity contribution in [2.24, 2.45) is 10.9 Å². The first-order valence-electron chi connectivity index (χ1n) is 7.99. The molecule has 0 saturated heterocycles. The lowest BCUT2D eigenvalue weighted by molar-refractivity contribution is -0.138. The second-order valence-corrected chi connectivity index (χ2v) is 6.37. The highest BCUT2D eigenvalue weighted by molar-refractivity contribution is 7.97. The Morgan fingerprint density at radius 3 is 2.22 bits per heavy atom. The Balaban J connectivity index is 2.63. The molecule has 0 aliphatic rings. The first kappa shape index (κ1) is 22.6. The van der Waals surface area contributed by atoms with Crippen LogP contribution in [0.2, 0.25) is 0 Å². The number of nitrogens with two attached hydrogens (primary N) is 2. The zero-order valence-corrected chi connectivity index (χ0v) is 15.5. The van der Waals surface area contributed by atoms with Crippen LogP contribution < -0.4 is 16.2 Å². The van der Waals surface area contributed by atoms with Gasteiger partial charge in [0.2, 0.25) is 11.8 Å². The van der Waals surface area contributed by atoms with Gasteiger partial charge in [-0.15, -0.1) is 0 Å². The highest BCUT2D eigenvalue weighted by Crippen LogP contribution is 2.15. The largest absolute Gasteiger partial charge is 0.480 e. The van der Waals surface area contributed by atoms with Crippen molar-refractivity contribution in [3.8, 4) is 0 Å². The lowest BCUT2D eigenvalue weighted by Gasteiger charge is -2.24. The zero-order chi connectivity index (χ0) is 20.2. The topological polar surface area (TPSA) is 159 Å². The summed E-state index contributed by atoms with van der Waals surface area (Å²) in [6.07, 6.45) is 0.625. The van der Waals surface area contributed by atoms with Crippen molar-refractivity contribution < 1.29 is 24.3 Å². The van der Waals surface area contributed by atoms with Gasteiger partial charge in [-0.25, -0.2) is 0 Å². The number of benzene rings is 1. The number of carbonyl (C=O) groups excluding carboxylic acids is 3. The van der Waals surface area contributed by atoms with Gasteiger partial charge in [0.05, 0.1) is 26.2 Å². The molecule has 0 radical (unpaired) electrons. The third-order valence-corrected chi connectivity index (χ3v) is 3.99. The summed E-state index contributed by atoms with van der Waals surface area (Å²) in [5.41, 5.74) is 5.68. The van der Waals surface area contributed by atoms with Gasteiger partial charge >= 0.3 is 5.97 Å². The Bertz CT molecular complexity index is 655. The van der Waals surface area contributed by atoms with Gasteiger partial charge < -0.3 is 21.0 Å². The monoisotopic (exact) mass is 397 g/mol. The maximum absolute atomic E-state index is 12.2. The number of primary amides is 1. The van der Waals surface area contributed by atoms with Crippen molar-refractivity contribution in [3.05, 3.63) is 24.3 Å². The van der Waals surface area contributed by atoms with Crippen LogP contribution in [0.4, 0.5) is 5.69 Å². The molecule has 0 aromatic heterocycles. The molecule has 0 fully saturated rings. The van der Waals surface area contributed by atoms with E-state index < -0.39 is 11.9 Å². The second kappa shape index (κ2) is 12.0. The van der Waals surface area contributed by atoms with E-state index in [4.69, 9.17) is 16.0 Å². The number of anilines is 1. The zero-order valence-electron chi connectivity index (χ0n) is 14.7. The predicted molar refractivity (Wildman–Crippen MR) is 101 cm³/mol. The molecule has 0 aliphatic heterocycles. The van der Waals surface area contributed by atoms with E-state index >= 15 is 0 Å². The van der Waals surface area contributed by atoms with E-state index in [1.54, 1.807) is 24.3 Å². The smallest absolute Gasteiger partial charge is 0.317 e. The van der Waals surface area contributed by atoms with E-state index in [0.717, 1.165) is 16.8 Å². The second-order valence-electron chi connectivity index (χ2n) is 5.66. The molecule has 0 spiro atoms. The molecule has 2 amide bonds. The van der Waals surface area contributed by atoms with Gasteiger partial charge in [-0.2, -0.15) is 0 Å². The molecule has 1 aromatic rings. The molecule has 0 bridgehead atoms. The van der Waals surface area contributed by atoms with Crippen LogP contribution in [-0.2, 0) is 19.2 Å². The van der Waals surface area contributed by atoms with Crippen molar-refractivity contribution in [3.63, 3.8) is 0 Å². The third-order valence-electron chi connectivity index (χ3n) is 3.44. The minimum absolute atomic E-state index is 0.0123. The maximum atomic E-state index is 12.2. The van der Waals surface area contributed by atoms with Crippen LogP contribution in [0.1, 0.15) is 0 Å². The summed E-state index contributed by atoms with van der Waals surface area (Å²) in [5, 5.41) is 17.1. The SMILES string of the molecule is NSc1ccc(NC(=O)CN(CCN(CC=O)CC(N)=O)CC(=O)O)cc1. The third kappa shape index (κ3) is 9.70. The fraction of sp³-hybridized carbons (Fsp3) is 0.375. The van der Waals surface area contributed by atoms with Crippen LogP contribution in [0.25, 0.3) is 0 Å². The van der Waals surface area contributed by atoms with Gasteiger partial charge in [-0.3, -0.25) is 29.3 Å². The van der Waals surface area contributed by atoms with Gasteiger partial charge in [-0.05, 0) is 36.2 Å². The van der Waals surface area contributed by atoms with E-state index in [9.17, 15) is 19.2 Å². The number of carboxylic acids is 1. The van der Waals surface area contributed by atoms with E-state index in [0.29, 0.717) is 12.0 Å². The standard InChI is InChI=1S/C16H23N5O5S/c17-14(23)9-20(7-8-22)5-6-21(11-16(25)26)10-15(24)19-12-1-3-13(27-18)4-2-12/h1-4,8H,5-7,9-11,18H2,(H2,17,23)(H,19,24)(H,25,26). The summed E-state index contributed by atoms with van der Waals surface area (Å²) in [5.74, 6) is -2.08. The first-order valence-corrected chi connectivity index (χ1v) is 8.87. The number of rotatable bonds is 13. The van der Waals surface area contributed by atoms with Crippen LogP contribution in [0.3, 0.4) is 0 Å². The normalized spacial score (nSPS) is 10.8. The number of nitrogens with zero attached hydrogens (tertiary/aromatic N) is 2. The van der Waals surface area contributed by atoms with Crippen molar-refractivity contribution in [1.82, 2.24) is 9.80 Å². The van der Waals surface area contributed by atoms with Gasteiger partial charge in [0.1, 0.15) is 6.29 Å². The van der Waals surface area contributed by atoms with Crippen molar-refractivity contribution >= 4 is 41.7 Å². The lowest BCUT2D eigenvalue weighted by Crippen LogP contribution is -2.44. The first-order chi connectivity index (χ1) is 12.8. The Morgan fingerprint density at radius 1 is 1.07 bits per heavy atom. The Morgan fingerprint density at radius 2 is 1.70 bits per heavy atom. The number of carbonyl (C=O) groups is 4. The number of carboxylic acid groups (broad SMARTS) is 1. The number of aliphatic carboxylic acids is 1. The number of nitrogens with one attached hydrogen (secondary N) is 1. The average Bonchev–Trinajstić information content (AvgIpc) is 2.59. The molecule has 1 aromatic carbocycles. The summed E-state index contributed by atoms with van der Waals surface area (Å²) >= 11 is 1.08. The van der Waals surface area contributed by atoms with E-state index in [1.165, 1.54) is 9.80 Å². The molecule has 0 saturated carbocycles. The van der Waals surface area contributed by atoms with E-state index in [2.05, 4.69) is 5.32 Å². The molecule has 10 nitrogen and oxygen atoms in total. The van der Waals surface area contributed by atoms with Crippen LogP contribution in [0.15, 0.2) is 29.2 Å². The summed E-state index contributed by atoms with van der Waals surface area (Å²) in [7, 11) is 0. The van der Waals surface area contributed by atoms with Crippen molar-refractivity contribution in [2.75, 3.05) is 44.6 Å². The van der Waals surface area contributed by atoms with E-state index in [1.807, 2.05) is 0 Å². The summed E-state index contributed by atoms with van der Waals surface area (Å²) in [6.45, 7) is -0.278. The van der Waals surface area contributed by atoms with E-state index in [-0.39, 0.29) is 45.2 Å². The van der Waals surface area contributed by atoms with Crippen molar-refractivity contribution in [2.45, 2.75) is 4.90 Å². The molecule has 27 heavy (non-hydrogen) atoms. The Labute approximate surface area is 161 Å². The summed E-state index contributed by atoms with van der Waals surface area (Å²) < 4.78 is 0. The predicted octanol–water partition coefficient (Wildman–Crippen LogP) is -1.04. The van der Waals surface area contributed by atoms with Crippen LogP contribution >= 0.6 is 11.9 Å². The molecule has 0 atom stereocenters. The fourth-order valence-corrected chi connectivity index (χ4v) is 2.56. The molecule has 1 rings (SSSR count). The van der Waals surface area contributed by atoms with Crippen LogP contribution in [0.5, 0.6) is 0 Å². The quantitative estimate of drug-likeness (QED) is 0.241. The highest BCUT2D eigenvalue weighted by Gasteiger charge is 2.16. The number of hydrogen-bond donors (Lipinski definition) is 4. The fourth-order valence-electron chi connectivity index (χ4n) is 2.27. The van der Waals surface area contributed by atoms with Gasteiger partial charge in [-0.1, -0.05) is 0 Å². The molecule has 148 valence electrons. The minimum atomic E-state index is -1.09. The van der Waals surface area contributed by atoms with Crippen LogP contribution in [0, 0.1) is 0 Å². The molecule has 0 unspecified atom stereocenters. The summed E-state index contributed by atoms with van der Waals surface area (Å²) in [6, 6.07) is 6.87. The number of amides is 2. The number of hydrogen-bond acceptors (Lipinski definition) is 8. The highest BCUT2D eigenvalue weighted by atomic mass is 32.2. The molecule has 11 heteroatoms. The van der Waals surface area contributed by atoms with Crippen LogP contribution in [-0.4, -0.2) is 78.2 Å². The van der Waals surface area contributed by atoms with Crippen molar-refractivity contribution in [1.29, 1.82) is 0 Å². The van der Waals surface area contributed by atoms with Gasteiger partial charge in [0, 0.05) is 23.7 Å². The molecule has 0 heterocycles. The van der Waals surface area contributed by atoms with Gasteiger partial charge in [0.25, 0.3) is 0 Å². The maximum Gasteiger partial charge on any atom is 0.317 e. The average molecular weight is 397 g/mol. The summed E-state index contributed by atoms with van der Waals surface area (Å²) in [4.78, 5) is 48.6. The molecule has 0 aliphatic carbocycles. The molecular weight excluding hydrogens is 374 g/mol. The Kier molecular flexibility index (Phi) is 10.0. The van der Waals surface area contributed by atoms with Gasteiger partial charge in [0.15, 0.2) is 0 Å².